The monoisotopic (exact) mass is 289 g/mol. The molecule has 1 aliphatic heterocycles. The minimum absolute atomic E-state index is 0.0192. The predicted molar refractivity (Wildman–Crippen MR) is 70.7 cm³/mol. The molecule has 1 aliphatic rings. The number of hydrogen-bond acceptors (Lipinski definition) is 1. The van der Waals surface area contributed by atoms with E-state index in [4.69, 9.17) is 23.2 Å². The number of likely N-dealkylation sites (tertiary alicyclic amines) is 1. The molecule has 5 heteroatoms. The molecular weight excluding hydrogens is 276 g/mol. The van der Waals surface area contributed by atoms with Crippen LogP contribution in [0.25, 0.3) is 0 Å². The van der Waals surface area contributed by atoms with Gasteiger partial charge in [0.05, 0.1) is 5.56 Å². The van der Waals surface area contributed by atoms with Crippen LogP contribution in [0.3, 0.4) is 0 Å². The van der Waals surface area contributed by atoms with Crippen LogP contribution in [0, 0.1) is 11.7 Å². The van der Waals surface area contributed by atoms with E-state index in [1.807, 2.05) is 0 Å². The third kappa shape index (κ3) is 2.47. The Labute approximate surface area is 116 Å². The molecule has 0 bridgehead atoms. The summed E-state index contributed by atoms with van der Waals surface area (Å²) in [5, 5.41) is 0.285. The maximum Gasteiger partial charge on any atom is 0.257 e. The molecule has 1 saturated heterocycles. The van der Waals surface area contributed by atoms with Crippen molar-refractivity contribution in [2.24, 2.45) is 5.92 Å². The van der Waals surface area contributed by atoms with Crippen LogP contribution >= 0.6 is 23.2 Å². The van der Waals surface area contributed by atoms with E-state index >= 15 is 0 Å². The molecular formula is C13H14Cl2FNO. The Morgan fingerprint density at radius 1 is 1.56 bits per heavy atom. The molecule has 2 nitrogen and oxygen atoms in total. The summed E-state index contributed by atoms with van der Waals surface area (Å²) in [6, 6.07) is 4.08. The summed E-state index contributed by atoms with van der Waals surface area (Å²) in [5.41, 5.74) is 0.0589. The van der Waals surface area contributed by atoms with E-state index in [9.17, 15) is 9.18 Å². The van der Waals surface area contributed by atoms with Gasteiger partial charge < -0.3 is 4.90 Å². The zero-order valence-electron chi connectivity index (χ0n) is 10.00. The topological polar surface area (TPSA) is 20.3 Å². The van der Waals surface area contributed by atoms with Crippen LogP contribution in [0.4, 0.5) is 4.39 Å². The molecule has 98 valence electrons. The Bertz CT molecular complexity index is 466. The highest BCUT2D eigenvalue weighted by Gasteiger charge is 2.34. The highest BCUT2D eigenvalue weighted by molar-refractivity contribution is 6.30. The van der Waals surface area contributed by atoms with E-state index in [0.717, 1.165) is 12.5 Å². The van der Waals surface area contributed by atoms with Crippen LogP contribution in [-0.2, 0) is 0 Å². The van der Waals surface area contributed by atoms with Gasteiger partial charge in [0.15, 0.2) is 0 Å². The fourth-order valence-electron chi connectivity index (χ4n) is 2.31. The van der Waals surface area contributed by atoms with E-state index < -0.39 is 5.82 Å². The molecule has 0 N–H and O–H groups in total. The molecule has 2 rings (SSSR count). The Balaban J connectivity index is 2.26. The minimum atomic E-state index is -0.583. The second kappa shape index (κ2) is 5.45. The van der Waals surface area contributed by atoms with E-state index in [1.54, 1.807) is 4.90 Å². The fraction of sp³-hybridized carbons (Fsp3) is 0.462. The van der Waals surface area contributed by atoms with Gasteiger partial charge in [0.1, 0.15) is 5.82 Å². The number of hydrogen-bond donors (Lipinski definition) is 0. The molecule has 1 amide bonds. The maximum absolute atomic E-state index is 13.7. The lowest BCUT2D eigenvalue weighted by atomic mass is 10.0. The average Bonchev–Trinajstić information content (AvgIpc) is 2.69. The van der Waals surface area contributed by atoms with Gasteiger partial charge in [-0.05, 0) is 30.5 Å². The van der Waals surface area contributed by atoms with Gasteiger partial charge in [-0.3, -0.25) is 4.79 Å². The van der Waals surface area contributed by atoms with E-state index in [2.05, 4.69) is 6.92 Å². The number of rotatable bonds is 2. The van der Waals surface area contributed by atoms with Crippen LogP contribution in [0.5, 0.6) is 0 Å². The number of amides is 1. The molecule has 18 heavy (non-hydrogen) atoms. The largest absolute Gasteiger partial charge is 0.334 e. The average molecular weight is 290 g/mol. The molecule has 1 heterocycles. The van der Waals surface area contributed by atoms with E-state index in [-0.39, 0.29) is 22.5 Å². The van der Waals surface area contributed by atoms with Crippen molar-refractivity contribution in [1.29, 1.82) is 0 Å². The zero-order valence-corrected chi connectivity index (χ0v) is 11.5. The van der Waals surface area contributed by atoms with Crippen molar-refractivity contribution in [3.63, 3.8) is 0 Å². The van der Waals surface area contributed by atoms with Gasteiger partial charge in [-0.1, -0.05) is 18.5 Å². The number of alkyl halides is 1. The van der Waals surface area contributed by atoms with Gasteiger partial charge in [0.2, 0.25) is 0 Å². The van der Waals surface area contributed by atoms with Crippen molar-refractivity contribution >= 4 is 29.1 Å². The van der Waals surface area contributed by atoms with Crippen LogP contribution in [0.2, 0.25) is 5.02 Å². The lowest BCUT2D eigenvalue weighted by Crippen LogP contribution is -2.39. The van der Waals surface area contributed by atoms with Gasteiger partial charge in [0.25, 0.3) is 5.91 Å². The van der Waals surface area contributed by atoms with E-state index in [1.165, 1.54) is 12.1 Å². The third-order valence-corrected chi connectivity index (χ3v) is 4.01. The van der Waals surface area contributed by atoms with Crippen molar-refractivity contribution in [1.82, 2.24) is 4.90 Å². The third-order valence-electron chi connectivity index (χ3n) is 3.46. The van der Waals surface area contributed by atoms with Crippen molar-refractivity contribution in [3.05, 3.63) is 34.6 Å². The molecule has 1 aromatic rings. The standard InChI is InChI=1S/C13H14Cl2FNO/c1-8-4-5-17(12(8)7-14)13(18)10-3-2-9(15)6-11(10)16/h2-3,6,8,12H,4-5,7H2,1H3. The smallest absolute Gasteiger partial charge is 0.257 e. The Hall–Kier alpha value is -0.800. The molecule has 0 aromatic heterocycles. The van der Waals surface area contributed by atoms with Crippen LogP contribution < -0.4 is 0 Å². The summed E-state index contributed by atoms with van der Waals surface area (Å²) in [6.45, 7) is 2.68. The summed E-state index contributed by atoms with van der Waals surface area (Å²) < 4.78 is 13.7. The molecule has 2 atom stereocenters. The van der Waals surface area contributed by atoms with Crippen LogP contribution in [0.1, 0.15) is 23.7 Å². The predicted octanol–water partition coefficient (Wildman–Crippen LogP) is 3.57. The second-order valence-electron chi connectivity index (χ2n) is 4.61. The molecule has 0 spiro atoms. The summed E-state index contributed by atoms with van der Waals surface area (Å²) in [6.07, 6.45) is 0.901. The van der Waals surface area contributed by atoms with E-state index in [0.29, 0.717) is 18.3 Å². The minimum Gasteiger partial charge on any atom is -0.334 e. The first kappa shape index (κ1) is 13.6. The van der Waals surface area contributed by atoms with Crippen molar-refractivity contribution < 1.29 is 9.18 Å². The first-order valence-electron chi connectivity index (χ1n) is 5.86. The lowest BCUT2D eigenvalue weighted by Gasteiger charge is -2.25. The highest BCUT2D eigenvalue weighted by Crippen LogP contribution is 2.27. The van der Waals surface area contributed by atoms with Crippen LogP contribution in [0.15, 0.2) is 18.2 Å². The Kier molecular flexibility index (Phi) is 4.13. The molecule has 0 saturated carbocycles. The van der Waals surface area contributed by atoms with Crippen LogP contribution in [-0.4, -0.2) is 29.3 Å². The molecule has 0 aliphatic carbocycles. The number of nitrogens with zero attached hydrogens (tertiary/aromatic N) is 1. The quantitative estimate of drug-likeness (QED) is 0.762. The van der Waals surface area contributed by atoms with Gasteiger partial charge in [-0.25, -0.2) is 4.39 Å². The summed E-state index contributed by atoms with van der Waals surface area (Å²) in [4.78, 5) is 13.9. The normalized spacial score (nSPS) is 23.4. The summed E-state index contributed by atoms with van der Waals surface area (Å²) >= 11 is 11.6. The van der Waals surface area contributed by atoms with Gasteiger partial charge in [0, 0.05) is 23.5 Å². The lowest BCUT2D eigenvalue weighted by molar-refractivity contribution is 0.0732. The molecule has 1 aromatic carbocycles. The Morgan fingerprint density at radius 2 is 2.28 bits per heavy atom. The van der Waals surface area contributed by atoms with Gasteiger partial charge in [-0.15, -0.1) is 11.6 Å². The Morgan fingerprint density at radius 3 is 2.89 bits per heavy atom. The van der Waals surface area contributed by atoms with Crippen molar-refractivity contribution in [2.45, 2.75) is 19.4 Å². The SMILES string of the molecule is CC1CCN(C(=O)c2ccc(Cl)cc2F)C1CCl. The molecule has 2 unspecified atom stereocenters. The summed E-state index contributed by atoms with van der Waals surface area (Å²) in [7, 11) is 0. The van der Waals surface area contributed by atoms with Crippen molar-refractivity contribution in [3.8, 4) is 0 Å². The van der Waals surface area contributed by atoms with Crippen molar-refractivity contribution in [2.75, 3.05) is 12.4 Å². The fourth-order valence-corrected chi connectivity index (χ4v) is 2.94. The number of carbonyl (C=O) groups is 1. The molecule has 0 radical (unpaired) electrons. The second-order valence-corrected chi connectivity index (χ2v) is 5.36. The maximum atomic E-state index is 13.7. The highest BCUT2D eigenvalue weighted by atomic mass is 35.5. The number of halogens is 3. The van der Waals surface area contributed by atoms with Gasteiger partial charge >= 0.3 is 0 Å². The number of carbonyl (C=O) groups excluding carboxylic acids is 1. The van der Waals surface area contributed by atoms with Gasteiger partial charge in [-0.2, -0.15) is 0 Å². The first-order valence-corrected chi connectivity index (χ1v) is 6.78. The molecule has 1 fully saturated rings. The first-order chi connectivity index (χ1) is 8.54. The summed E-state index contributed by atoms with van der Waals surface area (Å²) in [5.74, 6) is -0.163. The number of benzene rings is 1. The zero-order chi connectivity index (χ0) is 13.3.